The molecule has 1 aliphatic carbocycles. The first-order valence-corrected chi connectivity index (χ1v) is 19.1. The fourth-order valence-electron chi connectivity index (χ4n) is 8.62. The standard InChI is InChI=1S/C51H31N3O2/c1-3-12-32-26-36(22-20-30(32)10-1)49-52-50(37-23-21-31-11-2-4-13-33(31)27-37)54-51(53-49)41-17-9-19-44-46(41)40-25-24-35(29-45(40)55-44)42-28-34-14-5-6-15-38(34)48-47(42)39-16-7-8-18-43(39)56-48/h1,3-10,12-29H,2,11H2. The molecule has 0 unspecified atom stereocenters. The highest BCUT2D eigenvalue weighted by Crippen LogP contribution is 2.43. The summed E-state index contributed by atoms with van der Waals surface area (Å²) in [5, 5.41) is 8.71. The van der Waals surface area contributed by atoms with Crippen molar-refractivity contribution in [3.8, 4) is 45.3 Å². The van der Waals surface area contributed by atoms with Crippen LogP contribution in [0, 0.1) is 0 Å². The Morgan fingerprint density at radius 2 is 1.14 bits per heavy atom. The maximum Gasteiger partial charge on any atom is 0.164 e. The van der Waals surface area contributed by atoms with Gasteiger partial charge in [-0.2, -0.15) is 0 Å². The van der Waals surface area contributed by atoms with Gasteiger partial charge >= 0.3 is 0 Å². The first-order valence-electron chi connectivity index (χ1n) is 19.1. The van der Waals surface area contributed by atoms with E-state index < -0.39 is 0 Å². The zero-order chi connectivity index (χ0) is 36.7. The number of para-hydroxylation sites is 1. The fourth-order valence-corrected chi connectivity index (χ4v) is 8.62. The lowest BCUT2D eigenvalue weighted by Crippen LogP contribution is -2.01. The second kappa shape index (κ2) is 12.1. The molecule has 0 radical (unpaired) electrons. The lowest BCUT2D eigenvalue weighted by Gasteiger charge is -2.13. The first kappa shape index (κ1) is 31.0. The Bertz CT molecular complexity index is 3440. The summed E-state index contributed by atoms with van der Waals surface area (Å²) in [6, 6.07) is 53.0. The molecule has 11 aromatic rings. The smallest absolute Gasteiger partial charge is 0.164 e. The van der Waals surface area contributed by atoms with Gasteiger partial charge in [-0.15, -0.1) is 0 Å². The zero-order valence-corrected chi connectivity index (χ0v) is 30.2. The topological polar surface area (TPSA) is 65.0 Å². The molecule has 0 atom stereocenters. The number of aryl methyl sites for hydroxylation is 1. The summed E-state index contributed by atoms with van der Waals surface area (Å²) in [5.74, 6) is 1.87. The predicted octanol–water partition coefficient (Wildman–Crippen LogP) is 13.6. The van der Waals surface area contributed by atoms with Crippen molar-refractivity contribution in [3.63, 3.8) is 0 Å². The van der Waals surface area contributed by atoms with Crippen LogP contribution >= 0.6 is 0 Å². The molecule has 0 aliphatic heterocycles. The third-order valence-corrected chi connectivity index (χ3v) is 11.3. The van der Waals surface area contributed by atoms with E-state index in [0.29, 0.717) is 17.5 Å². The van der Waals surface area contributed by atoms with Crippen molar-refractivity contribution in [1.29, 1.82) is 0 Å². The number of hydrogen-bond donors (Lipinski definition) is 0. The monoisotopic (exact) mass is 717 g/mol. The molecule has 0 spiro atoms. The number of allylic oxidation sites excluding steroid dienone is 1. The summed E-state index contributed by atoms with van der Waals surface area (Å²) in [6.45, 7) is 0. The molecule has 1 aliphatic rings. The average Bonchev–Trinajstić information content (AvgIpc) is 3.84. The number of fused-ring (bicyclic) bond motifs is 10. The molecule has 0 fully saturated rings. The number of rotatable bonds is 4. The van der Waals surface area contributed by atoms with Gasteiger partial charge in [-0.1, -0.05) is 121 Å². The van der Waals surface area contributed by atoms with E-state index in [0.717, 1.165) is 101 Å². The van der Waals surface area contributed by atoms with Gasteiger partial charge in [0.1, 0.15) is 22.3 Å². The second-order valence-electron chi connectivity index (χ2n) is 14.7. The van der Waals surface area contributed by atoms with E-state index in [1.807, 2.05) is 24.3 Å². The van der Waals surface area contributed by atoms with Crippen molar-refractivity contribution in [2.24, 2.45) is 0 Å². The van der Waals surface area contributed by atoms with Gasteiger partial charge in [-0.05, 0) is 93.7 Å². The Hall–Kier alpha value is -7.37. The van der Waals surface area contributed by atoms with Gasteiger partial charge in [0.05, 0.1) is 0 Å². The quantitative estimate of drug-likeness (QED) is 0.181. The maximum atomic E-state index is 6.68. The molecule has 12 rings (SSSR count). The van der Waals surface area contributed by atoms with Gasteiger partial charge in [-0.25, -0.2) is 15.0 Å². The van der Waals surface area contributed by atoms with Crippen LogP contribution in [0.25, 0.3) is 117 Å². The lowest BCUT2D eigenvalue weighted by molar-refractivity contribution is 0.669. The number of hydrogen-bond acceptors (Lipinski definition) is 5. The van der Waals surface area contributed by atoms with E-state index in [9.17, 15) is 0 Å². The molecule has 0 saturated heterocycles. The molecular weight excluding hydrogens is 687 g/mol. The highest BCUT2D eigenvalue weighted by Gasteiger charge is 2.21. The first-order chi connectivity index (χ1) is 27.7. The van der Waals surface area contributed by atoms with Crippen LogP contribution in [0.1, 0.15) is 17.5 Å². The van der Waals surface area contributed by atoms with Crippen LogP contribution < -0.4 is 0 Å². The summed E-state index contributed by atoms with van der Waals surface area (Å²) in [6.07, 6.45) is 6.55. The average molecular weight is 718 g/mol. The third-order valence-electron chi connectivity index (χ3n) is 11.3. The van der Waals surface area contributed by atoms with E-state index in [1.165, 1.54) is 16.5 Å². The van der Waals surface area contributed by atoms with Gasteiger partial charge in [-0.3, -0.25) is 0 Å². The van der Waals surface area contributed by atoms with Gasteiger partial charge in [0, 0.05) is 43.6 Å². The molecule has 5 heteroatoms. The van der Waals surface area contributed by atoms with Crippen LogP contribution in [0.5, 0.6) is 0 Å². The Morgan fingerprint density at radius 1 is 0.429 bits per heavy atom. The second-order valence-corrected chi connectivity index (χ2v) is 14.7. The molecule has 262 valence electrons. The van der Waals surface area contributed by atoms with Gasteiger partial charge in [0.2, 0.25) is 0 Å². The Balaban J connectivity index is 1.06. The minimum Gasteiger partial charge on any atom is -0.456 e. The van der Waals surface area contributed by atoms with Crippen molar-refractivity contribution < 1.29 is 8.83 Å². The van der Waals surface area contributed by atoms with Crippen molar-refractivity contribution in [3.05, 3.63) is 169 Å². The number of benzene rings is 8. The largest absolute Gasteiger partial charge is 0.456 e. The van der Waals surface area contributed by atoms with Crippen molar-refractivity contribution in [2.45, 2.75) is 12.8 Å². The van der Waals surface area contributed by atoms with E-state index in [-0.39, 0.29) is 0 Å². The fraction of sp³-hybridized carbons (Fsp3) is 0.0392. The molecule has 3 heterocycles. The molecule has 0 amide bonds. The van der Waals surface area contributed by atoms with Crippen molar-refractivity contribution in [1.82, 2.24) is 15.0 Å². The van der Waals surface area contributed by atoms with E-state index in [1.54, 1.807) is 0 Å². The maximum absolute atomic E-state index is 6.68. The number of nitrogens with zero attached hydrogens (tertiary/aromatic N) is 3. The molecular formula is C51H31N3O2. The van der Waals surface area contributed by atoms with Crippen LogP contribution in [0.15, 0.2) is 167 Å². The zero-order valence-electron chi connectivity index (χ0n) is 30.2. The third kappa shape index (κ3) is 4.84. The summed E-state index contributed by atoms with van der Waals surface area (Å²) < 4.78 is 13.2. The predicted molar refractivity (Wildman–Crippen MR) is 228 cm³/mol. The Morgan fingerprint density at radius 3 is 2.05 bits per heavy atom. The molecule has 0 N–H and O–H groups in total. The Kier molecular flexibility index (Phi) is 6.69. The molecule has 0 bridgehead atoms. The molecule has 5 nitrogen and oxygen atoms in total. The summed E-state index contributed by atoms with van der Waals surface area (Å²) in [7, 11) is 0. The van der Waals surface area contributed by atoms with Crippen LogP contribution in [0.4, 0.5) is 0 Å². The minimum absolute atomic E-state index is 0.602. The van der Waals surface area contributed by atoms with Crippen molar-refractivity contribution in [2.75, 3.05) is 0 Å². The van der Waals surface area contributed by atoms with Crippen LogP contribution in [-0.2, 0) is 6.42 Å². The number of aromatic nitrogens is 3. The SMILES string of the molecule is C1=Cc2cc(-c3nc(-c4ccc5ccccc5c4)nc(-c4cccc5oc6cc(-c7cc8ccccc8c8oc9ccccc9c78)ccc6c45)n3)ccc2CC1. The summed E-state index contributed by atoms with van der Waals surface area (Å²) >= 11 is 0. The van der Waals surface area contributed by atoms with E-state index in [4.69, 9.17) is 23.8 Å². The molecule has 0 saturated carbocycles. The van der Waals surface area contributed by atoms with E-state index in [2.05, 4.69) is 140 Å². The Labute approximate surface area is 321 Å². The van der Waals surface area contributed by atoms with Crippen LogP contribution in [0.2, 0.25) is 0 Å². The summed E-state index contributed by atoms with van der Waals surface area (Å²) in [5.41, 5.74) is 10.9. The summed E-state index contributed by atoms with van der Waals surface area (Å²) in [4.78, 5) is 15.5. The normalized spacial score (nSPS) is 12.8. The highest BCUT2D eigenvalue weighted by molar-refractivity contribution is 6.22. The highest BCUT2D eigenvalue weighted by atomic mass is 16.3. The van der Waals surface area contributed by atoms with Crippen molar-refractivity contribution >= 4 is 71.5 Å². The van der Waals surface area contributed by atoms with Gasteiger partial charge in [0.15, 0.2) is 17.5 Å². The lowest BCUT2D eigenvalue weighted by atomic mass is 9.94. The van der Waals surface area contributed by atoms with Crippen LogP contribution in [0.3, 0.4) is 0 Å². The van der Waals surface area contributed by atoms with Crippen LogP contribution in [-0.4, -0.2) is 15.0 Å². The van der Waals surface area contributed by atoms with Gasteiger partial charge < -0.3 is 8.83 Å². The molecule has 3 aromatic heterocycles. The molecule has 8 aromatic carbocycles. The molecule has 56 heavy (non-hydrogen) atoms. The number of furan rings is 2. The van der Waals surface area contributed by atoms with E-state index >= 15 is 0 Å². The minimum atomic E-state index is 0.602. The van der Waals surface area contributed by atoms with Gasteiger partial charge in [0.25, 0.3) is 0 Å².